The molecule has 0 aliphatic rings. The lowest BCUT2D eigenvalue weighted by molar-refractivity contribution is 0.206. The van der Waals surface area contributed by atoms with Crippen LogP contribution in [-0.2, 0) is 11.3 Å². The largest absolute Gasteiger partial charge is 0.383 e. The van der Waals surface area contributed by atoms with Crippen LogP contribution in [0.5, 0.6) is 0 Å². The molecule has 0 bridgehead atoms. The van der Waals surface area contributed by atoms with Crippen LogP contribution in [0.1, 0.15) is 19.4 Å². The third-order valence-corrected chi connectivity index (χ3v) is 3.20. The van der Waals surface area contributed by atoms with Gasteiger partial charge in [-0.2, -0.15) is 0 Å². The SMILES string of the molecule is COCCN(C)c1ncc(Br)cc1CNCC(C)C. The number of likely N-dealkylation sites (N-methyl/N-ethyl adjacent to an activating group) is 1. The van der Waals surface area contributed by atoms with Crippen molar-refractivity contribution in [2.75, 3.05) is 38.8 Å². The summed E-state index contributed by atoms with van der Waals surface area (Å²) >= 11 is 3.49. The lowest BCUT2D eigenvalue weighted by atomic mass is 10.2. The van der Waals surface area contributed by atoms with Gasteiger partial charge in [0.05, 0.1) is 6.61 Å². The zero-order valence-corrected chi connectivity index (χ0v) is 13.8. The van der Waals surface area contributed by atoms with Gasteiger partial charge in [0.2, 0.25) is 0 Å². The van der Waals surface area contributed by atoms with E-state index in [-0.39, 0.29) is 0 Å². The lowest BCUT2D eigenvalue weighted by Gasteiger charge is -2.21. The standard InChI is InChI=1S/C14H24BrN3O/c1-11(2)8-16-9-12-7-13(15)10-17-14(12)18(3)5-6-19-4/h7,10-11,16H,5-6,8-9H2,1-4H3. The second-order valence-corrected chi connectivity index (χ2v) is 5.99. The Morgan fingerprint density at radius 2 is 2.21 bits per heavy atom. The van der Waals surface area contributed by atoms with Gasteiger partial charge < -0.3 is 15.0 Å². The van der Waals surface area contributed by atoms with Gasteiger partial charge >= 0.3 is 0 Å². The van der Waals surface area contributed by atoms with Crippen LogP contribution in [0.15, 0.2) is 16.7 Å². The molecule has 5 heteroatoms. The molecular formula is C14H24BrN3O. The van der Waals surface area contributed by atoms with Crippen LogP contribution < -0.4 is 10.2 Å². The summed E-state index contributed by atoms with van der Waals surface area (Å²) in [6.45, 7) is 7.79. The summed E-state index contributed by atoms with van der Waals surface area (Å²) in [7, 11) is 3.76. The van der Waals surface area contributed by atoms with Gasteiger partial charge in [0.25, 0.3) is 0 Å². The molecule has 0 aliphatic carbocycles. The Bertz CT molecular complexity index is 385. The smallest absolute Gasteiger partial charge is 0.132 e. The highest BCUT2D eigenvalue weighted by molar-refractivity contribution is 9.10. The highest BCUT2D eigenvalue weighted by Gasteiger charge is 2.09. The van der Waals surface area contributed by atoms with E-state index in [4.69, 9.17) is 4.74 Å². The molecule has 1 N–H and O–H groups in total. The molecule has 108 valence electrons. The maximum absolute atomic E-state index is 5.12. The number of ether oxygens (including phenoxy) is 1. The maximum atomic E-state index is 5.12. The lowest BCUT2D eigenvalue weighted by Crippen LogP contribution is -2.26. The van der Waals surface area contributed by atoms with Crippen LogP contribution in [0.25, 0.3) is 0 Å². The quantitative estimate of drug-likeness (QED) is 0.795. The molecule has 1 rings (SSSR count). The number of rotatable bonds is 8. The second kappa shape index (κ2) is 8.51. The van der Waals surface area contributed by atoms with E-state index in [1.807, 2.05) is 13.2 Å². The van der Waals surface area contributed by atoms with E-state index < -0.39 is 0 Å². The summed E-state index contributed by atoms with van der Waals surface area (Å²) in [5.41, 5.74) is 1.20. The first-order valence-corrected chi connectivity index (χ1v) is 7.39. The average Bonchev–Trinajstić information content (AvgIpc) is 2.35. The molecule has 0 amide bonds. The molecule has 0 aliphatic heterocycles. The van der Waals surface area contributed by atoms with Crippen molar-refractivity contribution in [2.45, 2.75) is 20.4 Å². The normalized spacial score (nSPS) is 11.1. The van der Waals surface area contributed by atoms with Crippen LogP contribution in [0, 0.1) is 5.92 Å². The van der Waals surface area contributed by atoms with Crippen LogP contribution in [0.2, 0.25) is 0 Å². The van der Waals surface area contributed by atoms with E-state index >= 15 is 0 Å². The van der Waals surface area contributed by atoms with Gasteiger partial charge in [-0.3, -0.25) is 0 Å². The molecular weight excluding hydrogens is 306 g/mol. The van der Waals surface area contributed by atoms with Crippen LogP contribution in [0.4, 0.5) is 5.82 Å². The molecule has 1 aromatic rings. The van der Waals surface area contributed by atoms with Gasteiger partial charge in [0.1, 0.15) is 5.82 Å². The van der Waals surface area contributed by atoms with E-state index in [1.54, 1.807) is 7.11 Å². The minimum absolute atomic E-state index is 0.648. The Morgan fingerprint density at radius 3 is 2.84 bits per heavy atom. The fourth-order valence-electron chi connectivity index (χ4n) is 1.78. The number of aromatic nitrogens is 1. The summed E-state index contributed by atoms with van der Waals surface area (Å²) in [4.78, 5) is 6.64. The molecule has 0 fully saturated rings. The van der Waals surface area contributed by atoms with Gasteiger partial charge in [-0.05, 0) is 34.5 Å². The van der Waals surface area contributed by atoms with Gasteiger partial charge in [-0.1, -0.05) is 13.8 Å². The Balaban J connectivity index is 2.73. The second-order valence-electron chi connectivity index (χ2n) is 5.08. The Kier molecular flexibility index (Phi) is 7.34. The number of hydrogen-bond donors (Lipinski definition) is 1. The minimum Gasteiger partial charge on any atom is -0.383 e. The highest BCUT2D eigenvalue weighted by atomic mass is 79.9. The first kappa shape index (κ1) is 16.4. The van der Waals surface area contributed by atoms with Crippen molar-refractivity contribution in [2.24, 2.45) is 5.92 Å². The molecule has 1 aromatic heterocycles. The zero-order chi connectivity index (χ0) is 14.3. The predicted octanol–water partition coefficient (Wildman–Crippen LogP) is 2.67. The van der Waals surface area contributed by atoms with E-state index in [0.717, 1.165) is 29.9 Å². The first-order chi connectivity index (χ1) is 9.04. The van der Waals surface area contributed by atoms with E-state index in [0.29, 0.717) is 12.5 Å². The highest BCUT2D eigenvalue weighted by Crippen LogP contribution is 2.20. The monoisotopic (exact) mass is 329 g/mol. The third-order valence-electron chi connectivity index (χ3n) is 2.77. The summed E-state index contributed by atoms with van der Waals surface area (Å²) in [5, 5.41) is 3.46. The van der Waals surface area contributed by atoms with Crippen molar-refractivity contribution < 1.29 is 4.74 Å². The first-order valence-electron chi connectivity index (χ1n) is 6.59. The maximum Gasteiger partial charge on any atom is 0.132 e. The van der Waals surface area contributed by atoms with Gasteiger partial charge in [-0.15, -0.1) is 0 Å². The van der Waals surface area contributed by atoms with Crippen molar-refractivity contribution in [1.82, 2.24) is 10.3 Å². The van der Waals surface area contributed by atoms with Crippen LogP contribution in [0.3, 0.4) is 0 Å². The van der Waals surface area contributed by atoms with Crippen molar-refractivity contribution in [1.29, 1.82) is 0 Å². The molecule has 0 saturated carbocycles. The molecule has 19 heavy (non-hydrogen) atoms. The van der Waals surface area contributed by atoms with E-state index in [1.165, 1.54) is 5.56 Å². The number of hydrogen-bond acceptors (Lipinski definition) is 4. The van der Waals surface area contributed by atoms with Crippen molar-refractivity contribution in [3.8, 4) is 0 Å². The summed E-state index contributed by atoms with van der Waals surface area (Å²) in [6.07, 6.45) is 1.84. The fourth-order valence-corrected chi connectivity index (χ4v) is 2.16. The van der Waals surface area contributed by atoms with Crippen LogP contribution in [-0.4, -0.2) is 38.8 Å². The van der Waals surface area contributed by atoms with Crippen molar-refractivity contribution >= 4 is 21.7 Å². The van der Waals surface area contributed by atoms with Gasteiger partial charge in [0.15, 0.2) is 0 Å². The van der Waals surface area contributed by atoms with E-state index in [2.05, 4.69) is 51.0 Å². The topological polar surface area (TPSA) is 37.4 Å². The van der Waals surface area contributed by atoms with Crippen molar-refractivity contribution in [3.05, 3.63) is 22.3 Å². The van der Waals surface area contributed by atoms with E-state index in [9.17, 15) is 0 Å². The average molecular weight is 330 g/mol. The minimum atomic E-state index is 0.648. The molecule has 0 unspecified atom stereocenters. The number of anilines is 1. The Hall–Kier alpha value is -0.650. The Labute approximate surface area is 124 Å². The zero-order valence-electron chi connectivity index (χ0n) is 12.2. The molecule has 4 nitrogen and oxygen atoms in total. The number of nitrogens with one attached hydrogen (secondary N) is 1. The number of nitrogens with zero attached hydrogens (tertiary/aromatic N) is 2. The molecule has 0 spiro atoms. The number of pyridine rings is 1. The molecule has 0 aromatic carbocycles. The molecule has 0 saturated heterocycles. The van der Waals surface area contributed by atoms with Gasteiger partial charge in [-0.25, -0.2) is 4.98 Å². The predicted molar refractivity (Wildman–Crippen MR) is 83.6 cm³/mol. The Morgan fingerprint density at radius 1 is 1.47 bits per heavy atom. The summed E-state index contributed by atoms with van der Waals surface area (Å²) in [6, 6.07) is 2.12. The molecule has 1 heterocycles. The third kappa shape index (κ3) is 5.89. The fraction of sp³-hybridized carbons (Fsp3) is 0.643. The van der Waals surface area contributed by atoms with Gasteiger partial charge in [0, 0.05) is 43.5 Å². The summed E-state index contributed by atoms with van der Waals surface area (Å²) < 4.78 is 6.13. The molecule has 0 radical (unpaired) electrons. The van der Waals surface area contributed by atoms with Crippen LogP contribution >= 0.6 is 15.9 Å². The summed E-state index contributed by atoms with van der Waals surface area (Å²) in [5.74, 6) is 1.66. The van der Waals surface area contributed by atoms with Crippen molar-refractivity contribution in [3.63, 3.8) is 0 Å². The number of methoxy groups -OCH3 is 1. The number of halogens is 1. The molecule has 0 atom stereocenters.